The summed E-state index contributed by atoms with van der Waals surface area (Å²) < 4.78 is 18.6. The maximum Gasteiger partial charge on any atom is 0.200 e. The molecule has 20 heavy (non-hydrogen) atoms. The second kappa shape index (κ2) is 5.87. The van der Waals surface area contributed by atoms with Gasteiger partial charge in [-0.3, -0.25) is 4.79 Å². The molecule has 0 aromatic heterocycles. The average Bonchev–Trinajstić information content (AvgIpc) is 2.39. The SMILES string of the molecule is Cc1ccc(C(=O)COc2cc(F)ccc2C)c(C)c1. The molecule has 0 radical (unpaired) electrons. The Hall–Kier alpha value is -2.16. The topological polar surface area (TPSA) is 26.3 Å². The number of ketones is 1. The Bertz CT molecular complexity index is 647. The molecule has 2 nitrogen and oxygen atoms in total. The second-order valence-electron chi connectivity index (χ2n) is 4.94. The predicted molar refractivity (Wildman–Crippen MR) is 76.9 cm³/mol. The van der Waals surface area contributed by atoms with Crippen molar-refractivity contribution in [3.63, 3.8) is 0 Å². The molecule has 0 N–H and O–H groups in total. The van der Waals surface area contributed by atoms with Crippen LogP contribution in [0, 0.1) is 26.6 Å². The molecular weight excluding hydrogens is 255 g/mol. The number of aryl methyl sites for hydroxylation is 3. The smallest absolute Gasteiger partial charge is 0.200 e. The van der Waals surface area contributed by atoms with E-state index < -0.39 is 0 Å². The van der Waals surface area contributed by atoms with E-state index in [9.17, 15) is 9.18 Å². The Labute approximate surface area is 118 Å². The number of Topliss-reactive ketones (excluding diaryl/α,β-unsaturated/α-hetero) is 1. The van der Waals surface area contributed by atoms with E-state index in [2.05, 4.69) is 0 Å². The Kier molecular flexibility index (Phi) is 4.18. The quantitative estimate of drug-likeness (QED) is 0.786. The van der Waals surface area contributed by atoms with E-state index >= 15 is 0 Å². The highest BCUT2D eigenvalue weighted by molar-refractivity contribution is 5.98. The van der Waals surface area contributed by atoms with E-state index in [0.29, 0.717) is 11.3 Å². The molecular formula is C17H17FO2. The van der Waals surface area contributed by atoms with Crippen molar-refractivity contribution in [3.05, 3.63) is 64.5 Å². The van der Waals surface area contributed by atoms with E-state index in [0.717, 1.165) is 16.7 Å². The van der Waals surface area contributed by atoms with E-state index in [1.165, 1.54) is 12.1 Å². The minimum atomic E-state index is -0.371. The van der Waals surface area contributed by atoms with Crippen molar-refractivity contribution in [2.24, 2.45) is 0 Å². The number of halogens is 1. The van der Waals surface area contributed by atoms with Gasteiger partial charge in [0.15, 0.2) is 12.4 Å². The summed E-state index contributed by atoms with van der Waals surface area (Å²) >= 11 is 0. The molecule has 0 atom stereocenters. The molecule has 0 unspecified atom stereocenters. The van der Waals surface area contributed by atoms with Crippen LogP contribution in [-0.2, 0) is 0 Å². The van der Waals surface area contributed by atoms with E-state index in [1.807, 2.05) is 32.9 Å². The molecule has 104 valence electrons. The van der Waals surface area contributed by atoms with Crippen molar-refractivity contribution in [1.82, 2.24) is 0 Å². The minimum Gasteiger partial charge on any atom is -0.485 e. The Morgan fingerprint density at radius 2 is 1.80 bits per heavy atom. The van der Waals surface area contributed by atoms with Crippen molar-refractivity contribution < 1.29 is 13.9 Å². The van der Waals surface area contributed by atoms with E-state index in [-0.39, 0.29) is 18.2 Å². The molecule has 0 saturated carbocycles. The van der Waals surface area contributed by atoms with Gasteiger partial charge in [0.25, 0.3) is 0 Å². The maximum absolute atomic E-state index is 13.1. The molecule has 0 saturated heterocycles. The Morgan fingerprint density at radius 3 is 2.50 bits per heavy atom. The largest absolute Gasteiger partial charge is 0.485 e. The average molecular weight is 272 g/mol. The van der Waals surface area contributed by atoms with Gasteiger partial charge in [-0.25, -0.2) is 4.39 Å². The first-order chi connectivity index (χ1) is 9.47. The standard InChI is InChI=1S/C17H17FO2/c1-11-4-7-15(13(3)8-11)16(19)10-20-17-9-14(18)6-5-12(17)2/h4-9H,10H2,1-3H3. The van der Waals surface area contributed by atoms with Crippen molar-refractivity contribution in [3.8, 4) is 5.75 Å². The summed E-state index contributed by atoms with van der Waals surface area (Å²) in [4.78, 5) is 12.1. The van der Waals surface area contributed by atoms with Crippen LogP contribution >= 0.6 is 0 Å². The number of benzene rings is 2. The summed E-state index contributed by atoms with van der Waals surface area (Å²) in [6.45, 7) is 5.60. The summed E-state index contributed by atoms with van der Waals surface area (Å²) in [5, 5.41) is 0. The van der Waals surface area contributed by atoms with Gasteiger partial charge in [0.2, 0.25) is 0 Å². The summed E-state index contributed by atoms with van der Waals surface area (Å²) in [6, 6.07) is 9.95. The van der Waals surface area contributed by atoms with Crippen LogP contribution in [0.2, 0.25) is 0 Å². The van der Waals surface area contributed by atoms with Gasteiger partial charge in [0, 0.05) is 11.6 Å². The van der Waals surface area contributed by atoms with Gasteiger partial charge < -0.3 is 4.74 Å². The Balaban J connectivity index is 2.10. The normalized spacial score (nSPS) is 10.4. The molecule has 0 heterocycles. The zero-order valence-corrected chi connectivity index (χ0v) is 11.9. The number of carbonyl (C=O) groups excluding carboxylic acids is 1. The van der Waals surface area contributed by atoms with Crippen molar-refractivity contribution in [1.29, 1.82) is 0 Å². The molecule has 2 aromatic rings. The first kappa shape index (κ1) is 14.3. The van der Waals surface area contributed by atoms with Crippen LogP contribution in [0.25, 0.3) is 0 Å². The van der Waals surface area contributed by atoms with Gasteiger partial charge >= 0.3 is 0 Å². The minimum absolute atomic E-state index is 0.0891. The molecule has 2 rings (SSSR count). The summed E-state index contributed by atoms with van der Waals surface area (Å²) in [6.07, 6.45) is 0. The summed E-state index contributed by atoms with van der Waals surface area (Å²) in [5.74, 6) is -0.0705. The lowest BCUT2D eigenvalue weighted by Crippen LogP contribution is -2.13. The lowest BCUT2D eigenvalue weighted by molar-refractivity contribution is 0.0920. The molecule has 2 aromatic carbocycles. The number of hydrogen-bond donors (Lipinski definition) is 0. The van der Waals surface area contributed by atoms with Crippen LogP contribution in [0.15, 0.2) is 36.4 Å². The van der Waals surface area contributed by atoms with Crippen molar-refractivity contribution in [2.75, 3.05) is 6.61 Å². The van der Waals surface area contributed by atoms with Gasteiger partial charge in [0.1, 0.15) is 11.6 Å². The van der Waals surface area contributed by atoms with Crippen LogP contribution in [0.1, 0.15) is 27.0 Å². The maximum atomic E-state index is 13.1. The lowest BCUT2D eigenvalue weighted by Gasteiger charge is -2.10. The van der Waals surface area contributed by atoms with Gasteiger partial charge in [-0.1, -0.05) is 29.8 Å². The monoisotopic (exact) mass is 272 g/mol. The first-order valence-electron chi connectivity index (χ1n) is 6.47. The fraction of sp³-hybridized carbons (Fsp3) is 0.235. The van der Waals surface area contributed by atoms with Gasteiger partial charge in [0.05, 0.1) is 0 Å². The molecule has 0 spiro atoms. The van der Waals surface area contributed by atoms with Crippen LogP contribution < -0.4 is 4.74 Å². The number of hydrogen-bond acceptors (Lipinski definition) is 2. The number of rotatable bonds is 4. The zero-order chi connectivity index (χ0) is 14.7. The third-order valence-electron chi connectivity index (χ3n) is 3.19. The van der Waals surface area contributed by atoms with Crippen LogP contribution in [0.3, 0.4) is 0 Å². The fourth-order valence-corrected chi connectivity index (χ4v) is 2.08. The van der Waals surface area contributed by atoms with Crippen LogP contribution in [0.5, 0.6) is 5.75 Å². The highest BCUT2D eigenvalue weighted by Gasteiger charge is 2.11. The molecule has 0 amide bonds. The van der Waals surface area contributed by atoms with Gasteiger partial charge in [-0.2, -0.15) is 0 Å². The predicted octanol–water partition coefficient (Wildman–Crippen LogP) is 4.01. The fourth-order valence-electron chi connectivity index (χ4n) is 2.08. The number of ether oxygens (including phenoxy) is 1. The second-order valence-corrected chi connectivity index (χ2v) is 4.94. The molecule has 0 aliphatic carbocycles. The molecule has 0 bridgehead atoms. The third-order valence-corrected chi connectivity index (χ3v) is 3.19. The zero-order valence-electron chi connectivity index (χ0n) is 11.9. The summed E-state index contributed by atoms with van der Waals surface area (Å²) in [5.41, 5.74) is 3.49. The van der Waals surface area contributed by atoms with E-state index in [1.54, 1.807) is 12.1 Å². The van der Waals surface area contributed by atoms with Crippen LogP contribution in [-0.4, -0.2) is 12.4 Å². The van der Waals surface area contributed by atoms with Gasteiger partial charge in [-0.05, 0) is 38.0 Å². The highest BCUT2D eigenvalue weighted by atomic mass is 19.1. The van der Waals surface area contributed by atoms with Crippen molar-refractivity contribution >= 4 is 5.78 Å². The third kappa shape index (κ3) is 3.23. The van der Waals surface area contributed by atoms with Gasteiger partial charge in [-0.15, -0.1) is 0 Å². The van der Waals surface area contributed by atoms with E-state index in [4.69, 9.17) is 4.74 Å². The highest BCUT2D eigenvalue weighted by Crippen LogP contribution is 2.19. The summed E-state index contributed by atoms with van der Waals surface area (Å²) in [7, 11) is 0. The molecule has 3 heteroatoms. The van der Waals surface area contributed by atoms with Crippen molar-refractivity contribution in [2.45, 2.75) is 20.8 Å². The Morgan fingerprint density at radius 1 is 1.05 bits per heavy atom. The first-order valence-corrected chi connectivity index (χ1v) is 6.47. The van der Waals surface area contributed by atoms with Crippen LogP contribution in [0.4, 0.5) is 4.39 Å². The molecule has 0 aliphatic rings. The number of carbonyl (C=O) groups is 1. The lowest BCUT2D eigenvalue weighted by atomic mass is 10.0. The molecule has 0 fully saturated rings. The molecule has 0 aliphatic heterocycles.